The Morgan fingerprint density at radius 1 is 0.714 bits per heavy atom. The number of carboxylic acids is 2. The minimum atomic E-state index is -0.954. The summed E-state index contributed by atoms with van der Waals surface area (Å²) in [6.07, 6.45) is 11.0. The number of ketones is 1. The zero-order valence-electron chi connectivity index (χ0n) is 12.6. The number of carbonyl (C=O) groups excluding carboxylic acids is 1. The van der Waals surface area contributed by atoms with E-state index in [0.717, 1.165) is 44.6 Å². The van der Waals surface area contributed by atoms with E-state index in [2.05, 4.69) is 0 Å². The highest BCUT2D eigenvalue weighted by atomic mass is 16.4. The van der Waals surface area contributed by atoms with Crippen LogP contribution >= 0.6 is 0 Å². The minimum Gasteiger partial charge on any atom is -0.481 e. The van der Waals surface area contributed by atoms with Gasteiger partial charge in [0, 0.05) is 25.3 Å². The molecule has 120 valence electrons. The van der Waals surface area contributed by atoms with Crippen LogP contribution in [0, 0.1) is 0 Å². The first-order chi connectivity index (χ1) is 10.0. The van der Waals surface area contributed by atoms with Gasteiger partial charge in [0.1, 0.15) is 5.78 Å². The molecular weight excluding hydrogens is 272 g/mol. The van der Waals surface area contributed by atoms with Gasteiger partial charge in [-0.15, -0.1) is 0 Å². The maximum Gasteiger partial charge on any atom is 0.327 e. The molecule has 5 heteroatoms. The van der Waals surface area contributed by atoms with E-state index in [1.807, 2.05) is 0 Å². The zero-order valence-corrected chi connectivity index (χ0v) is 12.6. The van der Waals surface area contributed by atoms with E-state index in [1.165, 1.54) is 0 Å². The largest absolute Gasteiger partial charge is 0.481 e. The summed E-state index contributed by atoms with van der Waals surface area (Å²) >= 11 is 0. The Bertz CT molecular complexity index is 347. The maximum atomic E-state index is 11.5. The van der Waals surface area contributed by atoms with E-state index in [9.17, 15) is 14.4 Å². The van der Waals surface area contributed by atoms with E-state index in [-0.39, 0.29) is 12.2 Å². The molecule has 0 radical (unpaired) electrons. The third-order valence-corrected chi connectivity index (χ3v) is 3.18. The Morgan fingerprint density at radius 2 is 1.24 bits per heavy atom. The number of rotatable bonds is 14. The van der Waals surface area contributed by atoms with E-state index in [4.69, 9.17) is 10.2 Å². The molecule has 0 atom stereocenters. The van der Waals surface area contributed by atoms with Gasteiger partial charge in [-0.3, -0.25) is 9.59 Å². The van der Waals surface area contributed by atoms with Crippen molar-refractivity contribution in [1.29, 1.82) is 0 Å². The first-order valence-corrected chi connectivity index (χ1v) is 7.65. The Hall–Kier alpha value is -1.65. The second-order valence-electron chi connectivity index (χ2n) is 5.19. The zero-order chi connectivity index (χ0) is 15.9. The second kappa shape index (κ2) is 13.3. The number of allylic oxidation sites excluding steroid dienone is 1. The summed E-state index contributed by atoms with van der Waals surface area (Å²) in [6.45, 7) is 0. The molecule has 0 heterocycles. The third-order valence-electron chi connectivity index (χ3n) is 3.18. The van der Waals surface area contributed by atoms with Gasteiger partial charge >= 0.3 is 11.9 Å². The van der Waals surface area contributed by atoms with Gasteiger partial charge < -0.3 is 10.2 Å². The lowest BCUT2D eigenvalue weighted by Crippen LogP contribution is -1.97. The monoisotopic (exact) mass is 298 g/mol. The molecule has 2 N–H and O–H groups in total. The molecule has 0 fully saturated rings. The Kier molecular flexibility index (Phi) is 12.3. The number of hydrogen-bond donors (Lipinski definition) is 2. The molecule has 5 nitrogen and oxygen atoms in total. The van der Waals surface area contributed by atoms with Gasteiger partial charge in [0.15, 0.2) is 0 Å². The van der Waals surface area contributed by atoms with Crippen molar-refractivity contribution in [3.8, 4) is 0 Å². The quantitative estimate of drug-likeness (QED) is 0.378. The van der Waals surface area contributed by atoms with Crippen LogP contribution in [0.5, 0.6) is 0 Å². The maximum absolute atomic E-state index is 11.5. The minimum absolute atomic E-state index is 0.240. The van der Waals surface area contributed by atoms with Gasteiger partial charge in [0.05, 0.1) is 0 Å². The number of unbranched alkanes of at least 4 members (excludes halogenated alkanes) is 6. The van der Waals surface area contributed by atoms with Gasteiger partial charge in [0.25, 0.3) is 0 Å². The van der Waals surface area contributed by atoms with Crippen LogP contribution < -0.4 is 0 Å². The van der Waals surface area contributed by atoms with Crippen molar-refractivity contribution in [2.24, 2.45) is 0 Å². The van der Waals surface area contributed by atoms with Crippen molar-refractivity contribution in [3.63, 3.8) is 0 Å². The third kappa shape index (κ3) is 16.3. The van der Waals surface area contributed by atoms with Crippen molar-refractivity contribution in [1.82, 2.24) is 0 Å². The van der Waals surface area contributed by atoms with Gasteiger partial charge in [-0.2, -0.15) is 0 Å². The SMILES string of the molecule is O=C(O)C=CCCCC(=O)CCCCCCCCC(=O)O. The number of Topliss-reactive ketones (excluding diaryl/α,β-unsaturated/α-hetero) is 1. The fraction of sp³-hybridized carbons (Fsp3) is 0.688. The van der Waals surface area contributed by atoms with E-state index in [1.54, 1.807) is 6.08 Å². The molecule has 0 aromatic carbocycles. The summed E-state index contributed by atoms with van der Waals surface area (Å²) < 4.78 is 0. The number of hydrogen-bond acceptors (Lipinski definition) is 3. The number of carboxylic acid groups (broad SMARTS) is 2. The molecule has 0 amide bonds. The Balaban J connectivity index is 3.30. The molecule has 0 saturated heterocycles. The van der Waals surface area contributed by atoms with Gasteiger partial charge in [-0.25, -0.2) is 4.79 Å². The lowest BCUT2D eigenvalue weighted by atomic mass is 10.0. The summed E-state index contributed by atoms with van der Waals surface area (Å²) in [6, 6.07) is 0. The molecule has 0 rings (SSSR count). The molecule has 0 spiro atoms. The highest BCUT2D eigenvalue weighted by molar-refractivity contribution is 5.79. The number of aliphatic carboxylic acids is 2. The van der Waals surface area contributed by atoms with Crippen LogP contribution in [0.4, 0.5) is 0 Å². The van der Waals surface area contributed by atoms with Crippen molar-refractivity contribution < 1.29 is 24.6 Å². The average Bonchev–Trinajstić information content (AvgIpc) is 2.40. The van der Waals surface area contributed by atoms with Crippen molar-refractivity contribution >= 4 is 17.7 Å². The molecule has 0 bridgehead atoms. The first kappa shape index (κ1) is 19.4. The van der Waals surface area contributed by atoms with E-state index in [0.29, 0.717) is 25.7 Å². The fourth-order valence-electron chi connectivity index (χ4n) is 2.03. The standard InChI is InChI=1S/C16H26O5/c17-14(11-7-5-9-13-16(20)21)10-6-3-1-2-4-8-12-15(18)19/h9,13H,1-8,10-12H2,(H,18,19)(H,20,21). The van der Waals surface area contributed by atoms with Crippen molar-refractivity contribution in [3.05, 3.63) is 12.2 Å². The molecule has 0 unspecified atom stereocenters. The first-order valence-electron chi connectivity index (χ1n) is 7.65. The average molecular weight is 298 g/mol. The summed E-state index contributed by atoms with van der Waals surface area (Å²) in [5, 5.41) is 16.9. The number of carbonyl (C=O) groups is 3. The van der Waals surface area contributed by atoms with Crippen LogP contribution in [0.15, 0.2) is 12.2 Å². The van der Waals surface area contributed by atoms with Crippen LogP contribution in [-0.4, -0.2) is 27.9 Å². The smallest absolute Gasteiger partial charge is 0.327 e. The van der Waals surface area contributed by atoms with Crippen LogP contribution in [0.2, 0.25) is 0 Å². The van der Waals surface area contributed by atoms with Crippen molar-refractivity contribution in [2.45, 2.75) is 70.6 Å². The highest BCUT2D eigenvalue weighted by Gasteiger charge is 2.01. The highest BCUT2D eigenvalue weighted by Crippen LogP contribution is 2.10. The summed E-state index contributed by atoms with van der Waals surface area (Å²) in [4.78, 5) is 32.1. The van der Waals surface area contributed by atoms with E-state index < -0.39 is 11.9 Å². The second-order valence-corrected chi connectivity index (χ2v) is 5.19. The topological polar surface area (TPSA) is 91.7 Å². The van der Waals surface area contributed by atoms with Gasteiger partial charge in [-0.1, -0.05) is 31.8 Å². The Morgan fingerprint density at radius 3 is 1.81 bits per heavy atom. The lowest BCUT2D eigenvalue weighted by molar-refractivity contribution is -0.137. The molecule has 0 aromatic heterocycles. The summed E-state index contributed by atoms with van der Waals surface area (Å²) in [7, 11) is 0. The molecule has 21 heavy (non-hydrogen) atoms. The molecular formula is C16H26O5. The van der Waals surface area contributed by atoms with Crippen LogP contribution in [0.3, 0.4) is 0 Å². The predicted molar refractivity (Wildman–Crippen MR) is 80.2 cm³/mol. The van der Waals surface area contributed by atoms with Gasteiger partial charge in [-0.05, 0) is 25.7 Å². The predicted octanol–water partition coefficient (Wildman–Crippen LogP) is 3.57. The Labute approximate surface area is 126 Å². The summed E-state index contributed by atoms with van der Waals surface area (Å²) in [5.41, 5.74) is 0. The molecule has 0 aromatic rings. The van der Waals surface area contributed by atoms with E-state index >= 15 is 0 Å². The molecule has 0 aliphatic rings. The van der Waals surface area contributed by atoms with Crippen molar-refractivity contribution in [2.75, 3.05) is 0 Å². The lowest BCUT2D eigenvalue weighted by Gasteiger charge is -2.01. The van der Waals surface area contributed by atoms with Gasteiger partial charge in [0.2, 0.25) is 0 Å². The van der Waals surface area contributed by atoms with Crippen LogP contribution in [-0.2, 0) is 14.4 Å². The molecule has 0 aliphatic carbocycles. The van der Waals surface area contributed by atoms with Crippen LogP contribution in [0.1, 0.15) is 70.6 Å². The summed E-state index contributed by atoms with van der Waals surface area (Å²) in [5.74, 6) is -1.45. The molecule has 0 saturated carbocycles. The molecule has 0 aliphatic heterocycles. The normalized spacial score (nSPS) is 10.9. The fourth-order valence-corrected chi connectivity index (χ4v) is 2.03. The van der Waals surface area contributed by atoms with Crippen LogP contribution in [0.25, 0.3) is 0 Å².